The van der Waals surface area contributed by atoms with Crippen LogP contribution in [0.3, 0.4) is 0 Å². The number of hydrogen-bond donors (Lipinski definition) is 1. The van der Waals surface area contributed by atoms with Gasteiger partial charge in [0.05, 0.1) is 0 Å². The highest BCUT2D eigenvalue weighted by molar-refractivity contribution is 4.87. The summed E-state index contributed by atoms with van der Waals surface area (Å²) in [5, 5.41) is 3.71. The number of likely N-dealkylation sites (tertiary alicyclic amines) is 1. The van der Waals surface area contributed by atoms with E-state index in [1.54, 1.807) is 0 Å². The van der Waals surface area contributed by atoms with Crippen molar-refractivity contribution in [3.05, 3.63) is 0 Å². The number of hydrogen-bond acceptors (Lipinski definition) is 3. The second-order valence-electron chi connectivity index (χ2n) is 6.43. The minimum absolute atomic E-state index is 0.717. The lowest BCUT2D eigenvalue weighted by molar-refractivity contribution is 0.0660. The standard InChI is InChI=1S/C15H30N2O/c1-12(2)15(10-16-14-4-5-14)17-8-6-13(7-9-17)11-18-3/h12-16H,4-11H2,1-3H3. The van der Waals surface area contributed by atoms with Gasteiger partial charge in [-0.2, -0.15) is 0 Å². The molecule has 18 heavy (non-hydrogen) atoms. The molecule has 2 fully saturated rings. The van der Waals surface area contributed by atoms with Crippen molar-refractivity contribution in [1.29, 1.82) is 0 Å². The molecule has 1 aliphatic carbocycles. The summed E-state index contributed by atoms with van der Waals surface area (Å²) in [4.78, 5) is 2.70. The molecule has 0 spiro atoms. The van der Waals surface area contributed by atoms with E-state index < -0.39 is 0 Å². The average Bonchev–Trinajstić information content (AvgIpc) is 3.15. The maximum absolute atomic E-state index is 5.28. The molecule has 1 heterocycles. The van der Waals surface area contributed by atoms with Crippen LogP contribution in [0.15, 0.2) is 0 Å². The monoisotopic (exact) mass is 254 g/mol. The zero-order valence-corrected chi connectivity index (χ0v) is 12.3. The van der Waals surface area contributed by atoms with Gasteiger partial charge in [0.25, 0.3) is 0 Å². The van der Waals surface area contributed by atoms with Gasteiger partial charge < -0.3 is 10.1 Å². The molecule has 1 N–H and O–H groups in total. The van der Waals surface area contributed by atoms with E-state index in [1.165, 1.54) is 45.3 Å². The second-order valence-corrected chi connectivity index (χ2v) is 6.43. The van der Waals surface area contributed by atoms with Gasteiger partial charge in [0.2, 0.25) is 0 Å². The van der Waals surface area contributed by atoms with Crippen LogP contribution in [0.5, 0.6) is 0 Å². The zero-order valence-electron chi connectivity index (χ0n) is 12.3. The third-order valence-electron chi connectivity index (χ3n) is 4.48. The van der Waals surface area contributed by atoms with Gasteiger partial charge in [-0.3, -0.25) is 4.90 Å². The molecule has 1 unspecified atom stereocenters. The van der Waals surface area contributed by atoms with Crippen LogP contribution < -0.4 is 5.32 Å². The van der Waals surface area contributed by atoms with Crippen molar-refractivity contribution in [2.24, 2.45) is 11.8 Å². The lowest BCUT2D eigenvalue weighted by Crippen LogP contribution is -2.49. The van der Waals surface area contributed by atoms with E-state index in [2.05, 4.69) is 24.1 Å². The fourth-order valence-electron chi connectivity index (χ4n) is 3.05. The van der Waals surface area contributed by atoms with Crippen molar-refractivity contribution >= 4 is 0 Å². The van der Waals surface area contributed by atoms with E-state index in [4.69, 9.17) is 4.74 Å². The molecular formula is C15H30N2O. The molecule has 1 aliphatic heterocycles. The van der Waals surface area contributed by atoms with Crippen LogP contribution in [0.1, 0.15) is 39.5 Å². The molecule has 3 nitrogen and oxygen atoms in total. The van der Waals surface area contributed by atoms with Crippen LogP contribution in [0.4, 0.5) is 0 Å². The Labute approximate surface area is 112 Å². The first-order chi connectivity index (χ1) is 8.70. The summed E-state index contributed by atoms with van der Waals surface area (Å²) in [5.41, 5.74) is 0. The van der Waals surface area contributed by atoms with Crippen molar-refractivity contribution in [3.8, 4) is 0 Å². The first kappa shape index (κ1) is 14.3. The smallest absolute Gasteiger partial charge is 0.0491 e. The number of rotatable bonds is 7. The lowest BCUT2D eigenvalue weighted by Gasteiger charge is -2.39. The maximum Gasteiger partial charge on any atom is 0.0491 e. The molecule has 3 heteroatoms. The van der Waals surface area contributed by atoms with E-state index in [1.807, 2.05) is 7.11 Å². The van der Waals surface area contributed by atoms with Gasteiger partial charge in [0.1, 0.15) is 0 Å². The Balaban J connectivity index is 1.75. The summed E-state index contributed by atoms with van der Waals surface area (Å²) >= 11 is 0. The van der Waals surface area contributed by atoms with Crippen LogP contribution in [-0.2, 0) is 4.74 Å². The third kappa shape index (κ3) is 4.22. The molecule has 1 atom stereocenters. The Morgan fingerprint density at radius 1 is 1.17 bits per heavy atom. The van der Waals surface area contributed by atoms with E-state index >= 15 is 0 Å². The fourth-order valence-corrected chi connectivity index (χ4v) is 3.05. The van der Waals surface area contributed by atoms with Gasteiger partial charge in [-0.25, -0.2) is 0 Å². The first-order valence-corrected chi connectivity index (χ1v) is 7.67. The molecule has 0 aromatic rings. The number of ether oxygens (including phenoxy) is 1. The molecule has 2 rings (SSSR count). The van der Waals surface area contributed by atoms with Crippen LogP contribution in [0.2, 0.25) is 0 Å². The van der Waals surface area contributed by atoms with Gasteiger partial charge in [-0.05, 0) is 50.6 Å². The molecule has 0 bridgehead atoms. The molecule has 0 radical (unpaired) electrons. The van der Waals surface area contributed by atoms with Gasteiger partial charge >= 0.3 is 0 Å². The summed E-state index contributed by atoms with van der Waals surface area (Å²) in [6.45, 7) is 9.35. The Kier molecular flexibility index (Phi) is 5.46. The van der Waals surface area contributed by atoms with Crippen LogP contribution in [0.25, 0.3) is 0 Å². The number of nitrogens with one attached hydrogen (secondary N) is 1. The predicted molar refractivity (Wildman–Crippen MR) is 75.8 cm³/mol. The van der Waals surface area contributed by atoms with Crippen molar-refractivity contribution in [3.63, 3.8) is 0 Å². The highest BCUT2D eigenvalue weighted by Gasteiger charge is 2.29. The minimum Gasteiger partial charge on any atom is -0.384 e. The molecule has 0 aromatic heterocycles. The quantitative estimate of drug-likeness (QED) is 0.753. The highest BCUT2D eigenvalue weighted by atomic mass is 16.5. The van der Waals surface area contributed by atoms with Crippen molar-refractivity contribution in [2.75, 3.05) is 33.4 Å². The Morgan fingerprint density at radius 2 is 1.83 bits per heavy atom. The zero-order chi connectivity index (χ0) is 13.0. The van der Waals surface area contributed by atoms with Gasteiger partial charge in [-0.15, -0.1) is 0 Å². The van der Waals surface area contributed by atoms with Gasteiger partial charge in [0.15, 0.2) is 0 Å². The van der Waals surface area contributed by atoms with Crippen LogP contribution in [0, 0.1) is 11.8 Å². The molecule has 0 aromatic carbocycles. The predicted octanol–water partition coefficient (Wildman–Crippen LogP) is 2.12. The summed E-state index contributed by atoms with van der Waals surface area (Å²) in [5.74, 6) is 1.53. The maximum atomic E-state index is 5.28. The van der Waals surface area contributed by atoms with Crippen LogP contribution >= 0.6 is 0 Å². The van der Waals surface area contributed by atoms with Crippen molar-refractivity contribution < 1.29 is 4.74 Å². The van der Waals surface area contributed by atoms with Gasteiger partial charge in [0, 0.05) is 32.3 Å². The molecule has 106 valence electrons. The normalized spacial score (nSPS) is 24.7. The molecule has 1 saturated heterocycles. The third-order valence-corrected chi connectivity index (χ3v) is 4.48. The number of nitrogens with zero attached hydrogens (tertiary/aromatic N) is 1. The second kappa shape index (κ2) is 6.88. The molecule has 1 saturated carbocycles. The minimum atomic E-state index is 0.717. The van der Waals surface area contributed by atoms with E-state index in [-0.39, 0.29) is 0 Å². The van der Waals surface area contributed by atoms with E-state index in [0.717, 1.165) is 24.5 Å². The summed E-state index contributed by atoms with van der Waals surface area (Å²) < 4.78 is 5.28. The van der Waals surface area contributed by atoms with E-state index in [0.29, 0.717) is 6.04 Å². The number of methoxy groups -OCH3 is 1. The Morgan fingerprint density at radius 3 is 2.33 bits per heavy atom. The van der Waals surface area contributed by atoms with Gasteiger partial charge in [-0.1, -0.05) is 13.8 Å². The van der Waals surface area contributed by atoms with Crippen LogP contribution in [-0.4, -0.2) is 50.3 Å². The Hall–Kier alpha value is -0.120. The first-order valence-electron chi connectivity index (χ1n) is 7.67. The summed E-state index contributed by atoms with van der Waals surface area (Å²) in [7, 11) is 1.82. The lowest BCUT2D eigenvalue weighted by atomic mass is 9.93. The molecule has 2 aliphatic rings. The summed E-state index contributed by atoms with van der Waals surface area (Å²) in [6, 6.07) is 1.55. The largest absolute Gasteiger partial charge is 0.384 e. The average molecular weight is 254 g/mol. The summed E-state index contributed by atoms with van der Waals surface area (Å²) in [6.07, 6.45) is 5.39. The number of piperidine rings is 1. The van der Waals surface area contributed by atoms with Crippen molar-refractivity contribution in [2.45, 2.75) is 51.6 Å². The SMILES string of the molecule is COCC1CCN(C(CNC2CC2)C(C)C)CC1. The molecule has 0 amide bonds. The topological polar surface area (TPSA) is 24.5 Å². The fraction of sp³-hybridized carbons (Fsp3) is 1.00. The molecular weight excluding hydrogens is 224 g/mol. The highest BCUT2D eigenvalue weighted by Crippen LogP contribution is 2.23. The Bertz CT molecular complexity index is 233. The van der Waals surface area contributed by atoms with E-state index in [9.17, 15) is 0 Å². The van der Waals surface area contributed by atoms with Crippen molar-refractivity contribution in [1.82, 2.24) is 10.2 Å².